The van der Waals surface area contributed by atoms with Gasteiger partial charge in [-0.15, -0.1) is 0 Å². The Labute approximate surface area is 183 Å². The van der Waals surface area contributed by atoms with Crippen molar-refractivity contribution >= 4 is 29.1 Å². The molecular formula is C24H31N3O4. The first-order valence-electron chi connectivity index (χ1n) is 10.4. The molecule has 3 amide bonds. The predicted octanol–water partition coefficient (Wildman–Crippen LogP) is 4.22. The smallest absolute Gasteiger partial charge is 0.255 e. The zero-order chi connectivity index (χ0) is 22.9. The van der Waals surface area contributed by atoms with E-state index < -0.39 is 5.41 Å². The average Bonchev–Trinajstić information content (AvgIpc) is 2.71. The Kier molecular flexibility index (Phi) is 8.61. The molecule has 7 heteroatoms. The van der Waals surface area contributed by atoms with Gasteiger partial charge in [-0.25, -0.2) is 0 Å². The first-order valence-corrected chi connectivity index (χ1v) is 10.4. The van der Waals surface area contributed by atoms with Gasteiger partial charge in [0.15, 0.2) is 0 Å². The van der Waals surface area contributed by atoms with Crippen LogP contribution >= 0.6 is 0 Å². The van der Waals surface area contributed by atoms with Crippen LogP contribution in [0.5, 0.6) is 5.75 Å². The van der Waals surface area contributed by atoms with Crippen LogP contribution in [0.4, 0.5) is 11.4 Å². The number of hydrogen-bond donors (Lipinski definition) is 3. The summed E-state index contributed by atoms with van der Waals surface area (Å²) in [6, 6.07) is 14.1. The Morgan fingerprint density at radius 2 is 1.61 bits per heavy atom. The van der Waals surface area contributed by atoms with Crippen molar-refractivity contribution in [3.05, 3.63) is 54.1 Å². The fourth-order valence-electron chi connectivity index (χ4n) is 2.70. The van der Waals surface area contributed by atoms with Crippen molar-refractivity contribution in [1.82, 2.24) is 5.32 Å². The molecule has 0 aliphatic carbocycles. The van der Waals surface area contributed by atoms with E-state index in [1.54, 1.807) is 42.5 Å². The van der Waals surface area contributed by atoms with Gasteiger partial charge in [-0.3, -0.25) is 14.4 Å². The minimum absolute atomic E-state index is 0.0994. The molecule has 3 N–H and O–H groups in total. The number of para-hydroxylation sites is 1. The van der Waals surface area contributed by atoms with Crippen LogP contribution in [0.3, 0.4) is 0 Å². The topological polar surface area (TPSA) is 96.5 Å². The lowest BCUT2D eigenvalue weighted by Crippen LogP contribution is -2.27. The predicted molar refractivity (Wildman–Crippen MR) is 122 cm³/mol. The lowest BCUT2D eigenvalue weighted by Gasteiger charge is -2.18. The average molecular weight is 426 g/mol. The number of nitrogens with one attached hydrogen (secondary N) is 3. The van der Waals surface area contributed by atoms with Gasteiger partial charge < -0.3 is 20.7 Å². The Morgan fingerprint density at radius 3 is 2.29 bits per heavy atom. The standard InChI is InChI=1S/C24H31N3O4/c1-5-31-20-13-7-6-12-19(20)22(29)25-15-9-14-21(28)26-17-10-8-11-18(16-17)27-23(30)24(2,3)4/h6-8,10-13,16H,5,9,14-15H2,1-4H3,(H,25,29)(H,26,28)(H,27,30). The molecule has 2 aromatic carbocycles. The van der Waals surface area contributed by atoms with Gasteiger partial charge >= 0.3 is 0 Å². The monoisotopic (exact) mass is 425 g/mol. The van der Waals surface area contributed by atoms with E-state index in [1.165, 1.54) is 0 Å². The SMILES string of the molecule is CCOc1ccccc1C(=O)NCCCC(=O)Nc1cccc(NC(=O)C(C)(C)C)c1. The third kappa shape index (κ3) is 7.77. The number of benzene rings is 2. The molecular weight excluding hydrogens is 394 g/mol. The molecule has 7 nitrogen and oxygen atoms in total. The van der Waals surface area contributed by atoms with Gasteiger partial charge in [0.1, 0.15) is 5.75 Å². The van der Waals surface area contributed by atoms with Crippen molar-refractivity contribution in [1.29, 1.82) is 0 Å². The van der Waals surface area contributed by atoms with Crippen LogP contribution in [0, 0.1) is 5.41 Å². The molecule has 31 heavy (non-hydrogen) atoms. The van der Waals surface area contributed by atoms with Crippen LogP contribution in [-0.2, 0) is 9.59 Å². The Hall–Kier alpha value is -3.35. The minimum Gasteiger partial charge on any atom is -0.493 e. The summed E-state index contributed by atoms with van der Waals surface area (Å²) in [5, 5.41) is 8.47. The van der Waals surface area contributed by atoms with Crippen molar-refractivity contribution in [3.8, 4) is 5.75 Å². The Balaban J connectivity index is 1.79. The molecule has 0 unspecified atom stereocenters. The number of anilines is 2. The second-order valence-corrected chi connectivity index (χ2v) is 8.12. The Bertz CT molecular complexity index is 919. The maximum atomic E-state index is 12.3. The molecule has 166 valence electrons. The van der Waals surface area contributed by atoms with Gasteiger partial charge in [0.05, 0.1) is 12.2 Å². The van der Waals surface area contributed by atoms with E-state index in [-0.39, 0.29) is 24.1 Å². The molecule has 2 rings (SSSR count). The molecule has 0 atom stereocenters. The molecule has 0 heterocycles. The zero-order valence-electron chi connectivity index (χ0n) is 18.6. The molecule has 2 aromatic rings. The fraction of sp³-hybridized carbons (Fsp3) is 0.375. The van der Waals surface area contributed by atoms with Crippen LogP contribution in [0.25, 0.3) is 0 Å². The van der Waals surface area contributed by atoms with E-state index >= 15 is 0 Å². The quantitative estimate of drug-likeness (QED) is 0.524. The summed E-state index contributed by atoms with van der Waals surface area (Å²) in [6.07, 6.45) is 0.751. The molecule has 0 fully saturated rings. The summed E-state index contributed by atoms with van der Waals surface area (Å²) in [5.74, 6) is 0.0475. The first kappa shape index (κ1) is 23.9. The summed E-state index contributed by atoms with van der Waals surface area (Å²) in [5.41, 5.74) is 1.19. The van der Waals surface area contributed by atoms with Gasteiger partial charge in [-0.1, -0.05) is 39.0 Å². The lowest BCUT2D eigenvalue weighted by atomic mass is 9.95. The maximum absolute atomic E-state index is 12.3. The number of rotatable bonds is 9. The lowest BCUT2D eigenvalue weighted by molar-refractivity contribution is -0.123. The normalized spacial score (nSPS) is 10.8. The third-order valence-corrected chi connectivity index (χ3v) is 4.38. The second kappa shape index (κ2) is 11.2. The van der Waals surface area contributed by atoms with Gasteiger partial charge in [-0.2, -0.15) is 0 Å². The molecule has 0 aromatic heterocycles. The van der Waals surface area contributed by atoms with Crippen LogP contribution in [0.1, 0.15) is 50.9 Å². The summed E-state index contributed by atoms with van der Waals surface area (Å²) in [7, 11) is 0. The van der Waals surface area contributed by atoms with Crippen LogP contribution < -0.4 is 20.7 Å². The summed E-state index contributed by atoms with van der Waals surface area (Å²) in [4.78, 5) is 36.7. The molecule has 0 spiro atoms. The third-order valence-electron chi connectivity index (χ3n) is 4.38. The number of amides is 3. The highest BCUT2D eigenvalue weighted by Gasteiger charge is 2.21. The van der Waals surface area contributed by atoms with Crippen molar-refractivity contribution in [2.45, 2.75) is 40.5 Å². The van der Waals surface area contributed by atoms with E-state index in [0.29, 0.717) is 42.3 Å². The summed E-state index contributed by atoms with van der Waals surface area (Å²) >= 11 is 0. The molecule has 0 aliphatic rings. The highest BCUT2D eigenvalue weighted by molar-refractivity contribution is 5.97. The first-order chi connectivity index (χ1) is 14.7. The van der Waals surface area contributed by atoms with Gasteiger partial charge in [0.25, 0.3) is 5.91 Å². The molecule has 0 bridgehead atoms. The summed E-state index contributed by atoms with van der Waals surface area (Å²) < 4.78 is 5.47. The van der Waals surface area contributed by atoms with Crippen molar-refractivity contribution in [2.75, 3.05) is 23.8 Å². The highest BCUT2D eigenvalue weighted by Crippen LogP contribution is 2.20. The maximum Gasteiger partial charge on any atom is 0.255 e. The van der Waals surface area contributed by atoms with Crippen molar-refractivity contribution in [3.63, 3.8) is 0 Å². The van der Waals surface area contributed by atoms with Gasteiger partial charge in [-0.05, 0) is 43.7 Å². The molecule has 0 radical (unpaired) electrons. The fourth-order valence-corrected chi connectivity index (χ4v) is 2.70. The number of ether oxygens (including phenoxy) is 1. The minimum atomic E-state index is -0.507. The number of hydrogen-bond acceptors (Lipinski definition) is 4. The van der Waals surface area contributed by atoms with Crippen LogP contribution in [0.2, 0.25) is 0 Å². The zero-order valence-corrected chi connectivity index (χ0v) is 18.6. The molecule has 0 saturated heterocycles. The van der Waals surface area contributed by atoms with Crippen molar-refractivity contribution in [2.24, 2.45) is 5.41 Å². The van der Waals surface area contributed by atoms with E-state index in [0.717, 1.165) is 0 Å². The van der Waals surface area contributed by atoms with Gasteiger partial charge in [0, 0.05) is 29.8 Å². The van der Waals surface area contributed by atoms with Crippen LogP contribution in [-0.4, -0.2) is 30.9 Å². The Morgan fingerprint density at radius 1 is 0.935 bits per heavy atom. The van der Waals surface area contributed by atoms with Crippen molar-refractivity contribution < 1.29 is 19.1 Å². The number of carbonyl (C=O) groups excluding carboxylic acids is 3. The second-order valence-electron chi connectivity index (χ2n) is 8.12. The van der Waals surface area contributed by atoms with Gasteiger partial charge in [0.2, 0.25) is 11.8 Å². The van der Waals surface area contributed by atoms with Crippen LogP contribution in [0.15, 0.2) is 48.5 Å². The summed E-state index contributed by atoms with van der Waals surface area (Å²) in [6.45, 7) is 8.22. The highest BCUT2D eigenvalue weighted by atomic mass is 16.5. The van der Waals surface area contributed by atoms with E-state index in [2.05, 4.69) is 16.0 Å². The molecule has 0 saturated carbocycles. The largest absolute Gasteiger partial charge is 0.493 e. The molecule has 0 aliphatic heterocycles. The van der Waals surface area contributed by atoms with E-state index in [1.807, 2.05) is 33.8 Å². The number of carbonyl (C=O) groups is 3. The van der Waals surface area contributed by atoms with E-state index in [4.69, 9.17) is 4.74 Å². The van der Waals surface area contributed by atoms with E-state index in [9.17, 15) is 14.4 Å².